The zero-order chi connectivity index (χ0) is 38.7. The van der Waals surface area contributed by atoms with Gasteiger partial charge in [-0.3, -0.25) is 0 Å². The number of nitrogens with zero attached hydrogens (tertiary/aromatic N) is 1. The lowest BCUT2D eigenvalue weighted by atomic mass is 9.89. The van der Waals surface area contributed by atoms with E-state index in [-0.39, 0.29) is 0 Å². The van der Waals surface area contributed by atoms with Crippen LogP contribution in [0, 0.1) is 0 Å². The van der Waals surface area contributed by atoms with Gasteiger partial charge in [0.15, 0.2) is 0 Å². The SMILES string of the molecule is c1ccc(-c2cccc(N(c3ccc(-c4ccccc4-c4cc5ccccc5o4)cc3)c3ccc(-c4ccccc4-c4ccccc4-c4ccccc4)cc3)c2)cc1. The Kier molecular flexibility index (Phi) is 9.27. The molecule has 0 radical (unpaired) electrons. The maximum atomic E-state index is 6.33. The molecule has 0 spiro atoms. The second-order valence-electron chi connectivity index (χ2n) is 14.5. The molecule has 1 aromatic heterocycles. The van der Waals surface area contributed by atoms with Crippen molar-refractivity contribution in [1.82, 2.24) is 0 Å². The minimum absolute atomic E-state index is 0.866. The molecule has 1 heterocycles. The summed E-state index contributed by atoms with van der Waals surface area (Å²) in [5.74, 6) is 0.866. The summed E-state index contributed by atoms with van der Waals surface area (Å²) in [7, 11) is 0. The first-order valence-electron chi connectivity index (χ1n) is 19.8. The highest BCUT2D eigenvalue weighted by atomic mass is 16.3. The standard InChI is InChI=1S/C56H39NO/c1-3-16-40(17-4-1)44-21-15-22-48(38-44)57(47-36-32-43(33-37-47)51-25-10-13-28-54(51)56-39-45-20-7-14-29-55(45)58-56)46-34-30-42(31-35-46)50-24-9-12-27-53(50)52-26-11-8-23-49(52)41-18-5-2-6-19-41/h1-39H. The van der Waals surface area contributed by atoms with Crippen LogP contribution >= 0.6 is 0 Å². The highest BCUT2D eigenvalue weighted by molar-refractivity contribution is 5.93. The molecule has 10 aromatic rings. The molecule has 58 heavy (non-hydrogen) atoms. The summed E-state index contributed by atoms with van der Waals surface area (Å²) in [4.78, 5) is 2.35. The molecule has 0 aliphatic carbocycles. The molecule has 0 atom stereocenters. The molecule has 0 saturated carbocycles. The van der Waals surface area contributed by atoms with Gasteiger partial charge in [-0.1, -0.05) is 188 Å². The van der Waals surface area contributed by atoms with Gasteiger partial charge in [-0.15, -0.1) is 0 Å². The van der Waals surface area contributed by atoms with Crippen molar-refractivity contribution in [3.8, 4) is 67.0 Å². The van der Waals surface area contributed by atoms with Crippen molar-refractivity contribution in [3.63, 3.8) is 0 Å². The molecule has 0 unspecified atom stereocenters. The summed E-state index contributed by atoms with van der Waals surface area (Å²) >= 11 is 0. The Morgan fingerprint density at radius 3 is 1.26 bits per heavy atom. The van der Waals surface area contributed by atoms with Crippen molar-refractivity contribution < 1.29 is 4.42 Å². The van der Waals surface area contributed by atoms with Gasteiger partial charge in [-0.05, 0) is 104 Å². The van der Waals surface area contributed by atoms with E-state index in [1.54, 1.807) is 0 Å². The minimum atomic E-state index is 0.866. The molecule has 0 amide bonds. The summed E-state index contributed by atoms with van der Waals surface area (Å²) in [6.07, 6.45) is 0. The van der Waals surface area contributed by atoms with Crippen LogP contribution in [0.3, 0.4) is 0 Å². The Morgan fingerprint density at radius 1 is 0.259 bits per heavy atom. The molecule has 2 nitrogen and oxygen atoms in total. The maximum Gasteiger partial charge on any atom is 0.136 e. The maximum absolute atomic E-state index is 6.33. The van der Waals surface area contributed by atoms with Crippen LogP contribution in [0.25, 0.3) is 77.9 Å². The lowest BCUT2D eigenvalue weighted by Crippen LogP contribution is -2.10. The average molecular weight is 742 g/mol. The molecule has 10 rings (SSSR count). The summed E-state index contributed by atoms with van der Waals surface area (Å²) in [5.41, 5.74) is 17.0. The lowest BCUT2D eigenvalue weighted by Gasteiger charge is -2.26. The first-order valence-corrected chi connectivity index (χ1v) is 19.8. The van der Waals surface area contributed by atoms with Crippen LogP contribution in [0.15, 0.2) is 241 Å². The fourth-order valence-electron chi connectivity index (χ4n) is 8.10. The number of benzene rings is 9. The second-order valence-corrected chi connectivity index (χ2v) is 14.5. The van der Waals surface area contributed by atoms with Gasteiger partial charge in [0.2, 0.25) is 0 Å². The minimum Gasteiger partial charge on any atom is -0.456 e. The molecule has 0 fully saturated rings. The number of fused-ring (bicyclic) bond motifs is 1. The topological polar surface area (TPSA) is 16.4 Å². The van der Waals surface area contributed by atoms with Crippen LogP contribution < -0.4 is 4.90 Å². The number of para-hydroxylation sites is 1. The smallest absolute Gasteiger partial charge is 0.136 e. The van der Waals surface area contributed by atoms with Gasteiger partial charge in [0.1, 0.15) is 11.3 Å². The number of rotatable bonds is 9. The van der Waals surface area contributed by atoms with Gasteiger partial charge in [-0.25, -0.2) is 0 Å². The highest BCUT2D eigenvalue weighted by Gasteiger charge is 2.18. The second kappa shape index (κ2) is 15.5. The van der Waals surface area contributed by atoms with Gasteiger partial charge in [-0.2, -0.15) is 0 Å². The van der Waals surface area contributed by atoms with E-state index < -0.39 is 0 Å². The molecule has 0 saturated heterocycles. The number of hydrogen-bond acceptors (Lipinski definition) is 2. The Balaban J connectivity index is 1.04. The van der Waals surface area contributed by atoms with Crippen molar-refractivity contribution in [2.75, 3.05) is 4.90 Å². The molecule has 9 aromatic carbocycles. The molecular formula is C56H39NO. The van der Waals surface area contributed by atoms with E-state index >= 15 is 0 Å². The first kappa shape index (κ1) is 34.8. The fourth-order valence-corrected chi connectivity index (χ4v) is 8.10. The van der Waals surface area contributed by atoms with Gasteiger partial charge >= 0.3 is 0 Å². The Morgan fingerprint density at radius 2 is 0.690 bits per heavy atom. The Hall–Kier alpha value is -7.68. The monoisotopic (exact) mass is 741 g/mol. The third kappa shape index (κ3) is 6.78. The van der Waals surface area contributed by atoms with Crippen molar-refractivity contribution in [2.45, 2.75) is 0 Å². The van der Waals surface area contributed by atoms with Gasteiger partial charge < -0.3 is 9.32 Å². The summed E-state index contributed by atoms with van der Waals surface area (Å²) in [5, 5.41) is 1.10. The normalized spacial score (nSPS) is 11.1. The zero-order valence-corrected chi connectivity index (χ0v) is 31.9. The molecule has 0 aliphatic rings. The largest absolute Gasteiger partial charge is 0.456 e. The molecule has 0 N–H and O–H groups in total. The van der Waals surface area contributed by atoms with E-state index in [0.717, 1.165) is 56.0 Å². The number of hydrogen-bond donors (Lipinski definition) is 0. The van der Waals surface area contributed by atoms with Crippen LogP contribution in [-0.2, 0) is 0 Å². The van der Waals surface area contributed by atoms with Gasteiger partial charge in [0.25, 0.3) is 0 Å². The van der Waals surface area contributed by atoms with E-state index in [4.69, 9.17) is 4.42 Å². The van der Waals surface area contributed by atoms with Crippen LogP contribution in [0.1, 0.15) is 0 Å². The summed E-state index contributed by atoms with van der Waals surface area (Å²) in [6.45, 7) is 0. The quantitative estimate of drug-likeness (QED) is 0.146. The van der Waals surface area contributed by atoms with Crippen molar-refractivity contribution in [1.29, 1.82) is 0 Å². The molecule has 2 heteroatoms. The van der Waals surface area contributed by atoms with Crippen molar-refractivity contribution >= 4 is 28.0 Å². The third-order valence-corrected chi connectivity index (χ3v) is 10.9. The van der Waals surface area contributed by atoms with Crippen LogP contribution in [0.5, 0.6) is 0 Å². The van der Waals surface area contributed by atoms with Crippen molar-refractivity contribution in [3.05, 3.63) is 237 Å². The van der Waals surface area contributed by atoms with E-state index in [1.165, 1.54) is 38.9 Å². The highest BCUT2D eigenvalue weighted by Crippen LogP contribution is 2.42. The van der Waals surface area contributed by atoms with E-state index in [0.29, 0.717) is 0 Å². The zero-order valence-electron chi connectivity index (χ0n) is 31.9. The summed E-state index contributed by atoms with van der Waals surface area (Å²) < 4.78 is 6.33. The van der Waals surface area contributed by atoms with E-state index in [9.17, 15) is 0 Å². The van der Waals surface area contributed by atoms with Gasteiger partial charge in [0.05, 0.1) is 0 Å². The van der Waals surface area contributed by atoms with Crippen LogP contribution in [0.2, 0.25) is 0 Å². The number of anilines is 3. The molecular weight excluding hydrogens is 703 g/mol. The predicted molar refractivity (Wildman–Crippen MR) is 244 cm³/mol. The molecule has 0 bridgehead atoms. The van der Waals surface area contributed by atoms with Crippen LogP contribution in [-0.4, -0.2) is 0 Å². The fraction of sp³-hybridized carbons (Fsp3) is 0. The van der Waals surface area contributed by atoms with E-state index in [2.05, 4.69) is 223 Å². The average Bonchev–Trinajstić information content (AvgIpc) is 3.75. The molecule has 0 aliphatic heterocycles. The summed E-state index contributed by atoms with van der Waals surface area (Å²) in [6, 6.07) is 84.2. The van der Waals surface area contributed by atoms with E-state index in [1.807, 2.05) is 18.2 Å². The number of furan rings is 1. The first-order chi connectivity index (χ1) is 28.8. The van der Waals surface area contributed by atoms with Gasteiger partial charge in [0, 0.05) is 28.0 Å². The third-order valence-electron chi connectivity index (χ3n) is 10.9. The van der Waals surface area contributed by atoms with Crippen LogP contribution in [0.4, 0.5) is 17.1 Å². The molecule has 274 valence electrons. The van der Waals surface area contributed by atoms with Crippen molar-refractivity contribution in [2.24, 2.45) is 0 Å². The Labute approximate surface area is 339 Å². The predicted octanol–water partition coefficient (Wildman–Crippen LogP) is 15.9. The lowest BCUT2D eigenvalue weighted by molar-refractivity contribution is 0.632. The Bertz CT molecular complexity index is 2950.